The van der Waals surface area contributed by atoms with Gasteiger partial charge in [-0.25, -0.2) is 4.39 Å². The molecule has 31 heavy (non-hydrogen) atoms. The van der Waals surface area contributed by atoms with Crippen LogP contribution in [0.2, 0.25) is 0 Å². The van der Waals surface area contributed by atoms with Gasteiger partial charge in [0.1, 0.15) is 36.0 Å². The normalized spacial score (nSPS) is 25.8. The number of hydrogen-bond acceptors (Lipinski definition) is 7. The molecule has 0 aromatic heterocycles. The molecule has 1 fully saturated rings. The molecule has 1 aliphatic heterocycles. The summed E-state index contributed by atoms with van der Waals surface area (Å²) in [5, 5.41) is 42.1. The lowest BCUT2D eigenvalue weighted by molar-refractivity contribution is -0.277. The van der Waals surface area contributed by atoms with E-state index in [0.717, 1.165) is 5.56 Å². The second-order valence-corrected chi connectivity index (χ2v) is 7.38. The van der Waals surface area contributed by atoms with E-state index >= 15 is 0 Å². The number of hydrogen-bond donors (Lipinski definition) is 5. The molecule has 9 heteroatoms. The van der Waals surface area contributed by atoms with E-state index in [1.807, 2.05) is 0 Å². The smallest absolute Gasteiger partial charge is 0.229 e. The average Bonchev–Trinajstić information content (AvgIpc) is 2.74. The molecule has 0 radical (unpaired) electrons. The SMILES string of the molecule is CC(=O)NCCc1ccc(O[C@H]2O[C@H](CO)[C@@H](O)[C@H](O)[C@@H]2O)cc1-c1cccc(F)c1. The van der Waals surface area contributed by atoms with Crippen LogP contribution in [0.3, 0.4) is 0 Å². The van der Waals surface area contributed by atoms with Crippen LogP contribution in [0, 0.1) is 5.82 Å². The lowest BCUT2D eigenvalue weighted by Crippen LogP contribution is -2.60. The Morgan fingerprint density at radius 3 is 2.58 bits per heavy atom. The summed E-state index contributed by atoms with van der Waals surface area (Å²) in [6.45, 7) is 1.25. The van der Waals surface area contributed by atoms with E-state index in [1.54, 1.807) is 30.3 Å². The quantitative estimate of drug-likeness (QED) is 0.425. The van der Waals surface area contributed by atoms with Gasteiger partial charge in [-0.1, -0.05) is 18.2 Å². The number of rotatable bonds is 7. The number of aliphatic hydroxyl groups is 4. The fourth-order valence-electron chi connectivity index (χ4n) is 3.44. The van der Waals surface area contributed by atoms with Crippen molar-refractivity contribution in [1.82, 2.24) is 5.32 Å². The molecular weight excluding hydrogens is 409 g/mol. The van der Waals surface area contributed by atoms with Crippen LogP contribution in [0.5, 0.6) is 5.75 Å². The van der Waals surface area contributed by atoms with Crippen molar-refractivity contribution in [2.75, 3.05) is 13.2 Å². The maximum Gasteiger partial charge on any atom is 0.229 e. The summed E-state index contributed by atoms with van der Waals surface area (Å²) < 4.78 is 24.9. The van der Waals surface area contributed by atoms with Crippen LogP contribution in [0.15, 0.2) is 42.5 Å². The third kappa shape index (κ3) is 5.57. The highest BCUT2D eigenvalue weighted by Crippen LogP contribution is 2.31. The number of amides is 1. The Kier molecular flexibility index (Phi) is 7.58. The third-order valence-corrected chi connectivity index (χ3v) is 5.09. The van der Waals surface area contributed by atoms with Crippen LogP contribution in [-0.2, 0) is 16.0 Å². The first-order valence-electron chi connectivity index (χ1n) is 9.90. The van der Waals surface area contributed by atoms with Gasteiger partial charge in [0.15, 0.2) is 0 Å². The van der Waals surface area contributed by atoms with Crippen LogP contribution in [-0.4, -0.2) is 70.2 Å². The maximum absolute atomic E-state index is 13.8. The van der Waals surface area contributed by atoms with Gasteiger partial charge in [-0.15, -0.1) is 0 Å². The second-order valence-electron chi connectivity index (χ2n) is 7.38. The Bertz CT molecular complexity index is 907. The number of ether oxygens (including phenoxy) is 2. The summed E-state index contributed by atoms with van der Waals surface area (Å²) in [5.41, 5.74) is 2.09. The van der Waals surface area contributed by atoms with Crippen molar-refractivity contribution in [2.45, 2.75) is 44.1 Å². The number of carbonyl (C=O) groups is 1. The molecule has 0 spiro atoms. The molecule has 0 unspecified atom stereocenters. The van der Waals surface area contributed by atoms with Crippen molar-refractivity contribution >= 4 is 5.91 Å². The fourth-order valence-corrected chi connectivity index (χ4v) is 3.44. The van der Waals surface area contributed by atoms with Crippen LogP contribution < -0.4 is 10.1 Å². The Morgan fingerprint density at radius 1 is 1.13 bits per heavy atom. The van der Waals surface area contributed by atoms with Crippen molar-refractivity contribution in [1.29, 1.82) is 0 Å². The summed E-state index contributed by atoms with van der Waals surface area (Å²) in [7, 11) is 0. The summed E-state index contributed by atoms with van der Waals surface area (Å²) >= 11 is 0. The molecule has 168 valence electrons. The number of nitrogens with one attached hydrogen (secondary N) is 1. The Balaban J connectivity index is 1.87. The summed E-state index contributed by atoms with van der Waals surface area (Å²) in [6.07, 6.45) is -6.53. The average molecular weight is 435 g/mol. The Labute approximate surface area is 178 Å². The van der Waals surface area contributed by atoms with E-state index < -0.39 is 43.1 Å². The molecule has 1 heterocycles. The van der Waals surface area contributed by atoms with E-state index in [9.17, 15) is 29.6 Å². The zero-order valence-corrected chi connectivity index (χ0v) is 16.9. The first-order valence-corrected chi connectivity index (χ1v) is 9.90. The molecule has 0 aliphatic carbocycles. The highest BCUT2D eigenvalue weighted by atomic mass is 19.1. The van der Waals surface area contributed by atoms with Crippen molar-refractivity contribution in [3.63, 3.8) is 0 Å². The van der Waals surface area contributed by atoms with Gasteiger partial charge < -0.3 is 35.2 Å². The van der Waals surface area contributed by atoms with E-state index in [-0.39, 0.29) is 11.7 Å². The van der Waals surface area contributed by atoms with Gasteiger partial charge in [0, 0.05) is 13.5 Å². The largest absolute Gasteiger partial charge is 0.462 e. The zero-order chi connectivity index (χ0) is 22.5. The van der Waals surface area contributed by atoms with Gasteiger partial charge in [-0.3, -0.25) is 4.79 Å². The van der Waals surface area contributed by atoms with E-state index in [2.05, 4.69) is 5.32 Å². The second kappa shape index (κ2) is 10.2. The Morgan fingerprint density at radius 2 is 1.90 bits per heavy atom. The first kappa shape index (κ1) is 23.1. The van der Waals surface area contributed by atoms with E-state index in [1.165, 1.54) is 19.1 Å². The predicted octanol–water partition coefficient (Wildman–Crippen LogP) is 0.350. The van der Waals surface area contributed by atoms with Crippen molar-refractivity contribution in [3.8, 4) is 16.9 Å². The highest BCUT2D eigenvalue weighted by molar-refractivity contribution is 5.73. The minimum Gasteiger partial charge on any atom is -0.462 e. The first-order chi connectivity index (χ1) is 14.8. The fraction of sp³-hybridized carbons (Fsp3) is 0.409. The van der Waals surface area contributed by atoms with Crippen LogP contribution in [0.25, 0.3) is 11.1 Å². The maximum atomic E-state index is 13.8. The molecule has 2 aromatic carbocycles. The molecule has 5 N–H and O–H groups in total. The van der Waals surface area contributed by atoms with Crippen LogP contribution in [0.4, 0.5) is 4.39 Å². The summed E-state index contributed by atoms with van der Waals surface area (Å²) in [6, 6.07) is 11.0. The topological polar surface area (TPSA) is 128 Å². The molecule has 2 aromatic rings. The number of halogens is 1. The zero-order valence-electron chi connectivity index (χ0n) is 16.9. The standard InChI is InChI=1S/C22H26FNO7/c1-12(26)24-8-7-13-5-6-16(10-17(13)14-3-2-4-15(23)9-14)30-22-21(29)20(28)19(27)18(11-25)31-22/h2-6,9-10,18-22,25,27-29H,7-8,11H2,1H3,(H,24,26)/t18-,19-,20+,21+,22+/m1/s1. The van der Waals surface area contributed by atoms with Gasteiger partial charge in [0.25, 0.3) is 0 Å². The van der Waals surface area contributed by atoms with Crippen molar-refractivity contribution in [3.05, 3.63) is 53.8 Å². The summed E-state index contributed by atoms with van der Waals surface area (Å²) in [4.78, 5) is 11.2. The molecule has 1 amide bonds. The van der Waals surface area contributed by atoms with Crippen LogP contribution in [0.1, 0.15) is 12.5 Å². The van der Waals surface area contributed by atoms with E-state index in [0.29, 0.717) is 24.1 Å². The Hall–Kier alpha value is -2.56. The predicted molar refractivity (Wildman–Crippen MR) is 109 cm³/mol. The molecule has 8 nitrogen and oxygen atoms in total. The van der Waals surface area contributed by atoms with Gasteiger partial charge >= 0.3 is 0 Å². The van der Waals surface area contributed by atoms with Crippen molar-refractivity contribution < 1.29 is 39.1 Å². The number of carbonyl (C=O) groups excluding carboxylic acids is 1. The monoisotopic (exact) mass is 435 g/mol. The van der Waals surface area contributed by atoms with Gasteiger partial charge in [0.05, 0.1) is 6.61 Å². The molecule has 0 saturated carbocycles. The minimum atomic E-state index is -1.56. The molecular formula is C22H26FNO7. The van der Waals surface area contributed by atoms with Gasteiger partial charge in [-0.2, -0.15) is 0 Å². The minimum absolute atomic E-state index is 0.158. The molecule has 3 rings (SSSR count). The van der Waals surface area contributed by atoms with Gasteiger partial charge in [-0.05, 0) is 47.4 Å². The lowest BCUT2D eigenvalue weighted by Gasteiger charge is -2.39. The molecule has 1 aliphatic rings. The van der Waals surface area contributed by atoms with Crippen LogP contribution >= 0.6 is 0 Å². The van der Waals surface area contributed by atoms with E-state index in [4.69, 9.17) is 9.47 Å². The third-order valence-electron chi connectivity index (χ3n) is 5.09. The number of aliphatic hydroxyl groups excluding tert-OH is 4. The molecule has 1 saturated heterocycles. The van der Waals surface area contributed by atoms with Gasteiger partial charge in [0.2, 0.25) is 12.2 Å². The van der Waals surface area contributed by atoms with Crippen molar-refractivity contribution in [2.24, 2.45) is 0 Å². The summed E-state index contributed by atoms with van der Waals surface area (Å²) in [5.74, 6) is -0.299. The molecule has 0 bridgehead atoms. The number of benzene rings is 2. The highest BCUT2D eigenvalue weighted by Gasteiger charge is 2.44. The molecule has 5 atom stereocenters. The lowest BCUT2D eigenvalue weighted by atomic mass is 9.97.